The molecule has 1 fully saturated rings. The zero-order valence-corrected chi connectivity index (χ0v) is 15.7. The minimum atomic E-state index is -0.602. The third kappa shape index (κ3) is 4.44. The van der Waals surface area contributed by atoms with E-state index in [4.69, 9.17) is 27.6 Å². The van der Waals surface area contributed by atoms with Crippen molar-refractivity contribution in [3.05, 3.63) is 47.4 Å². The molecular formula is C18H21Cl2N3O3. The monoisotopic (exact) mass is 397 g/mol. The molecule has 3 rings (SSSR count). The number of aliphatic hydroxyl groups excluding tert-OH is 1. The summed E-state index contributed by atoms with van der Waals surface area (Å²) in [5, 5.41) is 13.2. The molecule has 140 valence electrons. The first-order valence-corrected chi connectivity index (χ1v) is 9.35. The third-order valence-corrected chi connectivity index (χ3v) is 4.97. The standard InChI is InChI=1S/C18H21Cl2N3O3/c19-11-14(24)12-21-13-3-4-16(15(20)10-13)22-5-7-23(8-6-22)18(25)17-2-1-9-26-17/h1-4,9-10,14,21,24H,5-8,11-12H2. The third-order valence-electron chi connectivity index (χ3n) is 4.31. The topological polar surface area (TPSA) is 69.0 Å². The lowest BCUT2D eigenvalue weighted by molar-refractivity contribution is 0.0714. The average molecular weight is 398 g/mol. The fourth-order valence-electron chi connectivity index (χ4n) is 2.87. The van der Waals surface area contributed by atoms with E-state index < -0.39 is 6.10 Å². The first kappa shape index (κ1) is 18.9. The molecule has 0 spiro atoms. The summed E-state index contributed by atoms with van der Waals surface area (Å²) in [5.41, 5.74) is 1.76. The van der Waals surface area contributed by atoms with Crippen LogP contribution in [-0.4, -0.2) is 60.6 Å². The van der Waals surface area contributed by atoms with Crippen molar-refractivity contribution in [1.82, 2.24) is 4.90 Å². The van der Waals surface area contributed by atoms with E-state index in [1.165, 1.54) is 6.26 Å². The van der Waals surface area contributed by atoms with E-state index in [1.807, 2.05) is 18.2 Å². The van der Waals surface area contributed by atoms with Crippen LogP contribution in [0.25, 0.3) is 0 Å². The molecule has 6 nitrogen and oxygen atoms in total. The maximum absolute atomic E-state index is 12.3. The molecule has 0 bridgehead atoms. The molecule has 0 radical (unpaired) electrons. The molecule has 1 amide bonds. The zero-order valence-electron chi connectivity index (χ0n) is 14.2. The number of nitrogens with zero attached hydrogens (tertiary/aromatic N) is 2. The van der Waals surface area contributed by atoms with Gasteiger partial charge in [0.1, 0.15) is 0 Å². The highest BCUT2D eigenvalue weighted by Gasteiger charge is 2.24. The van der Waals surface area contributed by atoms with Gasteiger partial charge in [-0.15, -0.1) is 11.6 Å². The van der Waals surface area contributed by atoms with Crippen molar-refractivity contribution in [3.8, 4) is 0 Å². The molecule has 1 unspecified atom stereocenters. The molecular weight excluding hydrogens is 377 g/mol. The number of hydrogen-bond donors (Lipinski definition) is 2. The smallest absolute Gasteiger partial charge is 0.289 e. The predicted octanol–water partition coefficient (Wildman–Crippen LogP) is 2.91. The number of hydrogen-bond acceptors (Lipinski definition) is 5. The van der Waals surface area contributed by atoms with Crippen LogP contribution >= 0.6 is 23.2 Å². The van der Waals surface area contributed by atoms with Gasteiger partial charge in [0.25, 0.3) is 5.91 Å². The molecule has 0 saturated carbocycles. The quantitative estimate of drug-likeness (QED) is 0.733. The lowest BCUT2D eigenvalue weighted by Crippen LogP contribution is -2.48. The Morgan fingerprint density at radius 2 is 2.04 bits per heavy atom. The summed E-state index contributed by atoms with van der Waals surface area (Å²) < 4.78 is 5.18. The van der Waals surface area contributed by atoms with Crippen LogP contribution in [0.5, 0.6) is 0 Å². The van der Waals surface area contributed by atoms with Crippen molar-refractivity contribution < 1.29 is 14.3 Å². The molecule has 8 heteroatoms. The highest BCUT2D eigenvalue weighted by Crippen LogP contribution is 2.30. The maximum Gasteiger partial charge on any atom is 0.289 e. The fraction of sp³-hybridized carbons (Fsp3) is 0.389. The van der Waals surface area contributed by atoms with Crippen LogP contribution in [0.4, 0.5) is 11.4 Å². The molecule has 1 aromatic heterocycles. The first-order valence-electron chi connectivity index (χ1n) is 8.43. The summed E-state index contributed by atoms with van der Waals surface area (Å²) in [6.07, 6.45) is 0.903. The second-order valence-electron chi connectivity index (χ2n) is 6.11. The molecule has 26 heavy (non-hydrogen) atoms. The van der Waals surface area contributed by atoms with Gasteiger partial charge in [-0.2, -0.15) is 0 Å². The van der Waals surface area contributed by atoms with Gasteiger partial charge in [-0.25, -0.2) is 0 Å². The Bertz CT molecular complexity index is 731. The van der Waals surface area contributed by atoms with Crippen molar-refractivity contribution in [2.75, 3.05) is 48.8 Å². The van der Waals surface area contributed by atoms with E-state index in [2.05, 4.69) is 10.2 Å². The molecule has 2 N–H and O–H groups in total. The van der Waals surface area contributed by atoms with Crippen LogP contribution in [0.2, 0.25) is 5.02 Å². The number of aliphatic hydroxyl groups is 1. The van der Waals surface area contributed by atoms with E-state index in [-0.39, 0.29) is 11.8 Å². The Morgan fingerprint density at radius 1 is 1.27 bits per heavy atom. The van der Waals surface area contributed by atoms with Gasteiger partial charge >= 0.3 is 0 Å². The molecule has 1 saturated heterocycles. The number of carbonyl (C=O) groups is 1. The zero-order chi connectivity index (χ0) is 18.5. The summed E-state index contributed by atoms with van der Waals surface area (Å²) >= 11 is 12.0. The fourth-order valence-corrected chi connectivity index (χ4v) is 3.28. The largest absolute Gasteiger partial charge is 0.459 e. The molecule has 1 atom stereocenters. The van der Waals surface area contributed by atoms with Crippen LogP contribution < -0.4 is 10.2 Å². The lowest BCUT2D eigenvalue weighted by atomic mass is 10.2. The number of nitrogens with one attached hydrogen (secondary N) is 1. The van der Waals surface area contributed by atoms with Crippen LogP contribution in [0.15, 0.2) is 41.0 Å². The van der Waals surface area contributed by atoms with Crippen molar-refractivity contribution in [3.63, 3.8) is 0 Å². The van der Waals surface area contributed by atoms with Crippen molar-refractivity contribution in [2.24, 2.45) is 0 Å². The Balaban J connectivity index is 1.58. The van der Waals surface area contributed by atoms with Gasteiger partial charge in [-0.05, 0) is 30.3 Å². The minimum absolute atomic E-state index is 0.0851. The summed E-state index contributed by atoms with van der Waals surface area (Å²) in [6.45, 7) is 2.98. The Labute approximate surface area is 162 Å². The van der Waals surface area contributed by atoms with Crippen LogP contribution in [0, 0.1) is 0 Å². The van der Waals surface area contributed by atoms with Gasteiger partial charge in [-0.1, -0.05) is 11.6 Å². The highest BCUT2D eigenvalue weighted by atomic mass is 35.5. The maximum atomic E-state index is 12.3. The van der Waals surface area contributed by atoms with Crippen molar-refractivity contribution >= 4 is 40.5 Å². The lowest BCUT2D eigenvalue weighted by Gasteiger charge is -2.36. The number of alkyl halides is 1. The van der Waals surface area contributed by atoms with Gasteiger partial charge in [0.05, 0.1) is 29.0 Å². The molecule has 2 heterocycles. The van der Waals surface area contributed by atoms with Gasteiger partial charge in [0, 0.05) is 38.4 Å². The van der Waals surface area contributed by atoms with E-state index in [9.17, 15) is 9.90 Å². The molecule has 1 aliphatic rings. The SMILES string of the molecule is O=C(c1ccco1)N1CCN(c2ccc(NCC(O)CCl)cc2Cl)CC1. The number of piperazine rings is 1. The van der Waals surface area contributed by atoms with E-state index in [1.54, 1.807) is 17.0 Å². The van der Waals surface area contributed by atoms with Gasteiger partial charge in [0.15, 0.2) is 5.76 Å². The predicted molar refractivity (Wildman–Crippen MR) is 103 cm³/mol. The Morgan fingerprint density at radius 3 is 2.65 bits per heavy atom. The summed E-state index contributed by atoms with van der Waals surface area (Å²) in [7, 11) is 0. The summed E-state index contributed by atoms with van der Waals surface area (Å²) in [5.74, 6) is 0.462. The summed E-state index contributed by atoms with van der Waals surface area (Å²) in [6, 6.07) is 9.09. The number of amides is 1. The van der Waals surface area contributed by atoms with Crippen LogP contribution in [0.3, 0.4) is 0 Å². The van der Waals surface area contributed by atoms with Gasteiger partial charge < -0.3 is 24.6 Å². The van der Waals surface area contributed by atoms with E-state index in [0.29, 0.717) is 43.5 Å². The number of anilines is 2. The first-order chi connectivity index (χ1) is 12.6. The number of furan rings is 1. The highest BCUT2D eigenvalue weighted by molar-refractivity contribution is 6.33. The number of rotatable bonds is 6. The number of carbonyl (C=O) groups excluding carboxylic acids is 1. The van der Waals surface area contributed by atoms with E-state index >= 15 is 0 Å². The molecule has 2 aromatic rings. The van der Waals surface area contributed by atoms with Gasteiger partial charge in [0.2, 0.25) is 0 Å². The second-order valence-corrected chi connectivity index (χ2v) is 6.83. The van der Waals surface area contributed by atoms with Crippen LogP contribution in [0.1, 0.15) is 10.6 Å². The van der Waals surface area contributed by atoms with Crippen LogP contribution in [-0.2, 0) is 0 Å². The minimum Gasteiger partial charge on any atom is -0.459 e. The summed E-state index contributed by atoms with van der Waals surface area (Å²) in [4.78, 5) is 16.3. The van der Waals surface area contributed by atoms with Crippen molar-refractivity contribution in [1.29, 1.82) is 0 Å². The molecule has 0 aliphatic carbocycles. The van der Waals surface area contributed by atoms with E-state index in [0.717, 1.165) is 11.4 Å². The average Bonchev–Trinajstić information content (AvgIpc) is 3.20. The van der Waals surface area contributed by atoms with Crippen molar-refractivity contribution in [2.45, 2.75) is 6.10 Å². The second kappa shape index (κ2) is 8.66. The Hall–Kier alpha value is -1.89. The molecule has 1 aromatic carbocycles. The van der Waals surface area contributed by atoms with Gasteiger partial charge in [-0.3, -0.25) is 4.79 Å². The Kier molecular flexibility index (Phi) is 6.29. The number of halogens is 2. The number of benzene rings is 1. The molecule has 1 aliphatic heterocycles. The normalized spacial score (nSPS) is 15.8.